The second-order valence-electron chi connectivity index (χ2n) is 4.87. The molecule has 0 aromatic heterocycles. The highest BCUT2D eigenvalue weighted by molar-refractivity contribution is 5.97. The molecule has 0 aliphatic heterocycles. The maximum atomic E-state index is 12.8. The minimum absolute atomic E-state index is 0.0472. The second kappa shape index (κ2) is 7.36. The van der Waals surface area contributed by atoms with E-state index in [9.17, 15) is 14.0 Å². The van der Waals surface area contributed by atoms with E-state index in [4.69, 9.17) is 0 Å². The van der Waals surface area contributed by atoms with Gasteiger partial charge in [0.05, 0.1) is 0 Å². The smallest absolute Gasteiger partial charge is 0.226 e. The van der Waals surface area contributed by atoms with Crippen molar-refractivity contribution in [2.75, 3.05) is 17.2 Å². The highest BCUT2D eigenvalue weighted by atomic mass is 19.1. The zero-order valence-corrected chi connectivity index (χ0v) is 12.2. The zero-order valence-electron chi connectivity index (χ0n) is 12.2. The minimum atomic E-state index is -0.298. The van der Waals surface area contributed by atoms with Crippen LogP contribution in [0.25, 0.3) is 0 Å². The first-order valence-electron chi connectivity index (χ1n) is 6.95. The average molecular weight is 300 g/mol. The fourth-order valence-corrected chi connectivity index (χ4v) is 1.93. The molecule has 0 saturated carbocycles. The van der Waals surface area contributed by atoms with Crippen molar-refractivity contribution in [3.8, 4) is 0 Å². The van der Waals surface area contributed by atoms with Crippen LogP contribution in [0.2, 0.25) is 0 Å². The first-order chi connectivity index (χ1) is 10.5. The Morgan fingerprint density at radius 1 is 1.05 bits per heavy atom. The van der Waals surface area contributed by atoms with Crippen LogP contribution in [0.5, 0.6) is 0 Å². The van der Waals surface area contributed by atoms with Crippen LogP contribution >= 0.6 is 0 Å². The molecular formula is C17H17FN2O2. The van der Waals surface area contributed by atoms with E-state index >= 15 is 0 Å². The molecule has 2 aromatic rings. The molecule has 2 aromatic carbocycles. The van der Waals surface area contributed by atoms with E-state index in [-0.39, 0.29) is 23.9 Å². The molecule has 0 aliphatic rings. The number of nitrogens with one attached hydrogen (secondary N) is 2. The van der Waals surface area contributed by atoms with E-state index in [0.717, 1.165) is 5.69 Å². The van der Waals surface area contributed by atoms with Crippen molar-refractivity contribution in [3.63, 3.8) is 0 Å². The molecule has 0 unspecified atom stereocenters. The maximum Gasteiger partial charge on any atom is 0.226 e. The van der Waals surface area contributed by atoms with Gasteiger partial charge in [-0.3, -0.25) is 9.59 Å². The molecule has 0 bridgehead atoms. The van der Waals surface area contributed by atoms with Gasteiger partial charge in [-0.25, -0.2) is 4.39 Å². The highest BCUT2D eigenvalue weighted by Crippen LogP contribution is 2.12. The van der Waals surface area contributed by atoms with Crippen molar-refractivity contribution in [3.05, 3.63) is 59.9 Å². The van der Waals surface area contributed by atoms with Gasteiger partial charge in [0.1, 0.15) is 5.82 Å². The van der Waals surface area contributed by atoms with Crippen LogP contribution in [0.1, 0.15) is 23.7 Å². The number of Topliss-reactive ketones (excluding diaryl/α,β-unsaturated/α-hetero) is 1. The predicted octanol–water partition coefficient (Wildman–Crippen LogP) is 3.47. The van der Waals surface area contributed by atoms with Gasteiger partial charge in [0, 0.05) is 29.9 Å². The van der Waals surface area contributed by atoms with Crippen molar-refractivity contribution in [1.82, 2.24) is 0 Å². The summed E-state index contributed by atoms with van der Waals surface area (Å²) in [5.74, 6) is -0.502. The molecule has 0 atom stereocenters. The molecule has 0 aliphatic carbocycles. The van der Waals surface area contributed by atoms with Crippen molar-refractivity contribution in [2.45, 2.75) is 13.3 Å². The van der Waals surface area contributed by atoms with Gasteiger partial charge < -0.3 is 10.6 Å². The number of rotatable bonds is 6. The first kappa shape index (κ1) is 15.7. The molecule has 114 valence electrons. The second-order valence-corrected chi connectivity index (χ2v) is 4.87. The molecule has 4 nitrogen and oxygen atoms in total. The SMILES string of the molecule is CC(=O)c1cccc(NC(=O)CCNc2ccc(F)cc2)c1. The fourth-order valence-electron chi connectivity index (χ4n) is 1.93. The fraction of sp³-hybridized carbons (Fsp3) is 0.176. The molecule has 2 rings (SSSR count). The van der Waals surface area contributed by atoms with E-state index < -0.39 is 0 Å². The molecule has 5 heteroatoms. The molecule has 22 heavy (non-hydrogen) atoms. The van der Waals surface area contributed by atoms with Crippen LogP contribution < -0.4 is 10.6 Å². The summed E-state index contributed by atoms with van der Waals surface area (Å²) in [6.45, 7) is 1.91. The van der Waals surface area contributed by atoms with E-state index in [1.165, 1.54) is 19.1 Å². The topological polar surface area (TPSA) is 58.2 Å². The third-order valence-corrected chi connectivity index (χ3v) is 3.08. The standard InChI is InChI=1S/C17H17FN2O2/c1-12(21)13-3-2-4-16(11-13)20-17(22)9-10-19-15-7-5-14(18)6-8-15/h2-8,11,19H,9-10H2,1H3,(H,20,22). The molecule has 0 spiro atoms. The third-order valence-electron chi connectivity index (χ3n) is 3.08. The lowest BCUT2D eigenvalue weighted by atomic mass is 10.1. The third kappa shape index (κ3) is 4.70. The zero-order chi connectivity index (χ0) is 15.9. The summed E-state index contributed by atoms with van der Waals surface area (Å²) >= 11 is 0. The average Bonchev–Trinajstić information content (AvgIpc) is 2.49. The lowest BCUT2D eigenvalue weighted by Crippen LogP contribution is -2.16. The lowest BCUT2D eigenvalue weighted by molar-refractivity contribution is -0.115. The van der Waals surface area contributed by atoms with Gasteiger partial charge in [0.25, 0.3) is 0 Å². The Balaban J connectivity index is 1.81. The number of carbonyl (C=O) groups is 2. The molecule has 0 heterocycles. The first-order valence-corrected chi connectivity index (χ1v) is 6.95. The van der Waals surface area contributed by atoms with E-state index in [0.29, 0.717) is 17.8 Å². The van der Waals surface area contributed by atoms with Crippen molar-refractivity contribution in [2.24, 2.45) is 0 Å². The number of ketones is 1. The Hall–Kier alpha value is -2.69. The largest absolute Gasteiger partial charge is 0.385 e. The molecule has 0 fully saturated rings. The Morgan fingerprint density at radius 2 is 1.77 bits per heavy atom. The number of benzene rings is 2. The normalized spacial score (nSPS) is 10.1. The van der Waals surface area contributed by atoms with Gasteiger partial charge in [-0.05, 0) is 43.3 Å². The van der Waals surface area contributed by atoms with Crippen LogP contribution in [0.15, 0.2) is 48.5 Å². The number of amides is 1. The van der Waals surface area contributed by atoms with Crippen LogP contribution in [0.4, 0.5) is 15.8 Å². The van der Waals surface area contributed by atoms with Gasteiger partial charge in [0.15, 0.2) is 5.78 Å². The minimum Gasteiger partial charge on any atom is -0.385 e. The molecule has 0 saturated heterocycles. The molecule has 0 radical (unpaired) electrons. The van der Waals surface area contributed by atoms with Crippen molar-refractivity contribution in [1.29, 1.82) is 0 Å². The Bertz CT molecular complexity index is 669. The summed E-state index contributed by atoms with van der Waals surface area (Å²) in [5, 5.41) is 5.78. The van der Waals surface area contributed by atoms with E-state index in [2.05, 4.69) is 10.6 Å². The molecule has 2 N–H and O–H groups in total. The molecular weight excluding hydrogens is 283 g/mol. The predicted molar refractivity (Wildman–Crippen MR) is 84.6 cm³/mol. The summed E-state index contributed by atoms with van der Waals surface area (Å²) in [6.07, 6.45) is 0.266. The van der Waals surface area contributed by atoms with Crippen LogP contribution in [-0.4, -0.2) is 18.2 Å². The van der Waals surface area contributed by atoms with Gasteiger partial charge in [-0.1, -0.05) is 12.1 Å². The van der Waals surface area contributed by atoms with Crippen molar-refractivity contribution >= 4 is 23.1 Å². The Kier molecular flexibility index (Phi) is 5.25. The van der Waals surface area contributed by atoms with Gasteiger partial charge in [0.2, 0.25) is 5.91 Å². The van der Waals surface area contributed by atoms with E-state index in [1.807, 2.05) is 0 Å². The summed E-state index contributed by atoms with van der Waals surface area (Å²) in [6, 6.07) is 12.8. The Labute approximate surface area is 128 Å². The van der Waals surface area contributed by atoms with Crippen LogP contribution in [0.3, 0.4) is 0 Å². The van der Waals surface area contributed by atoms with Crippen LogP contribution in [0, 0.1) is 5.82 Å². The Morgan fingerprint density at radius 3 is 2.45 bits per heavy atom. The number of carbonyl (C=O) groups excluding carboxylic acids is 2. The highest BCUT2D eigenvalue weighted by Gasteiger charge is 2.05. The number of anilines is 2. The number of halogens is 1. The molecule has 1 amide bonds. The monoisotopic (exact) mass is 300 g/mol. The summed E-state index contributed by atoms with van der Waals surface area (Å²) in [7, 11) is 0. The summed E-state index contributed by atoms with van der Waals surface area (Å²) in [4.78, 5) is 23.1. The quantitative estimate of drug-likeness (QED) is 0.803. The van der Waals surface area contributed by atoms with Crippen molar-refractivity contribution < 1.29 is 14.0 Å². The van der Waals surface area contributed by atoms with Crippen LogP contribution in [-0.2, 0) is 4.79 Å². The summed E-state index contributed by atoms with van der Waals surface area (Å²) < 4.78 is 12.8. The summed E-state index contributed by atoms with van der Waals surface area (Å²) in [5.41, 5.74) is 1.91. The number of hydrogen-bond donors (Lipinski definition) is 2. The maximum absolute atomic E-state index is 12.8. The lowest BCUT2D eigenvalue weighted by Gasteiger charge is -2.08. The van der Waals surface area contributed by atoms with E-state index in [1.54, 1.807) is 36.4 Å². The van der Waals surface area contributed by atoms with Gasteiger partial charge >= 0.3 is 0 Å². The van der Waals surface area contributed by atoms with Gasteiger partial charge in [-0.2, -0.15) is 0 Å². The number of hydrogen-bond acceptors (Lipinski definition) is 3. The van der Waals surface area contributed by atoms with Gasteiger partial charge in [-0.15, -0.1) is 0 Å².